The molecule has 0 bridgehead atoms. The van der Waals surface area contributed by atoms with Crippen LogP contribution in [0.1, 0.15) is 48.8 Å². The number of alkyl carbamates (subject to hydrolysis) is 1. The van der Waals surface area contributed by atoms with E-state index in [1.165, 1.54) is 17.9 Å². The number of nitrogens with zero attached hydrogens (tertiary/aromatic N) is 2. The van der Waals surface area contributed by atoms with E-state index in [0.717, 1.165) is 11.1 Å². The molecule has 41 heavy (non-hydrogen) atoms. The Morgan fingerprint density at radius 3 is 2.24 bits per heavy atom. The monoisotopic (exact) mass is 566 g/mol. The van der Waals surface area contributed by atoms with Crippen molar-refractivity contribution >= 4 is 29.8 Å². The van der Waals surface area contributed by atoms with Gasteiger partial charge in [0.2, 0.25) is 5.91 Å². The predicted molar refractivity (Wildman–Crippen MR) is 148 cm³/mol. The SMILES string of the molecule is COC(=O)c1cc(NC(=O)[C@H](CC(=O)OC(C)(C)C)NC(=O)OCc2ccccc2)nn1Cc1ccc(OC)cc1. The van der Waals surface area contributed by atoms with Gasteiger partial charge >= 0.3 is 18.0 Å². The van der Waals surface area contributed by atoms with Gasteiger partial charge in [0.25, 0.3) is 0 Å². The van der Waals surface area contributed by atoms with Crippen molar-refractivity contribution < 1.29 is 38.1 Å². The number of hydrogen-bond donors (Lipinski definition) is 2. The molecule has 0 aliphatic heterocycles. The van der Waals surface area contributed by atoms with Gasteiger partial charge in [-0.05, 0) is 44.0 Å². The van der Waals surface area contributed by atoms with E-state index in [-0.39, 0.29) is 24.7 Å². The predicted octanol–water partition coefficient (Wildman–Crippen LogP) is 3.69. The number of hydrogen-bond acceptors (Lipinski definition) is 9. The lowest BCUT2D eigenvalue weighted by Gasteiger charge is -2.22. The number of esters is 2. The lowest BCUT2D eigenvalue weighted by Crippen LogP contribution is -2.46. The van der Waals surface area contributed by atoms with Gasteiger partial charge < -0.3 is 29.6 Å². The second kappa shape index (κ2) is 14.0. The van der Waals surface area contributed by atoms with Crippen LogP contribution >= 0.6 is 0 Å². The van der Waals surface area contributed by atoms with Crippen LogP contribution in [0.5, 0.6) is 5.75 Å². The molecule has 218 valence electrons. The Kier molecular flexibility index (Phi) is 10.4. The summed E-state index contributed by atoms with van der Waals surface area (Å²) in [4.78, 5) is 50.7. The summed E-state index contributed by atoms with van der Waals surface area (Å²) in [5, 5.41) is 9.30. The van der Waals surface area contributed by atoms with E-state index >= 15 is 0 Å². The van der Waals surface area contributed by atoms with Gasteiger partial charge in [-0.2, -0.15) is 5.10 Å². The van der Waals surface area contributed by atoms with Gasteiger partial charge in [0.05, 0.1) is 27.2 Å². The number of rotatable bonds is 11. The van der Waals surface area contributed by atoms with Crippen molar-refractivity contribution in [3.05, 3.63) is 77.5 Å². The first kappa shape index (κ1) is 30.7. The van der Waals surface area contributed by atoms with Gasteiger partial charge in [0.15, 0.2) is 5.82 Å². The maximum absolute atomic E-state index is 13.2. The van der Waals surface area contributed by atoms with Crippen LogP contribution in [0.2, 0.25) is 0 Å². The van der Waals surface area contributed by atoms with Crippen molar-refractivity contribution in [1.29, 1.82) is 0 Å². The smallest absolute Gasteiger partial charge is 0.408 e. The Balaban J connectivity index is 1.77. The maximum Gasteiger partial charge on any atom is 0.408 e. The van der Waals surface area contributed by atoms with Crippen LogP contribution in [0.25, 0.3) is 0 Å². The minimum Gasteiger partial charge on any atom is -0.497 e. The first-order valence-electron chi connectivity index (χ1n) is 12.8. The van der Waals surface area contributed by atoms with Gasteiger partial charge in [-0.1, -0.05) is 42.5 Å². The molecule has 0 fully saturated rings. The average molecular weight is 567 g/mol. The van der Waals surface area contributed by atoms with Gasteiger partial charge in [-0.25, -0.2) is 9.59 Å². The van der Waals surface area contributed by atoms with Crippen molar-refractivity contribution in [2.75, 3.05) is 19.5 Å². The first-order chi connectivity index (χ1) is 19.5. The van der Waals surface area contributed by atoms with Crippen molar-refractivity contribution in [1.82, 2.24) is 15.1 Å². The zero-order valence-electron chi connectivity index (χ0n) is 23.6. The van der Waals surface area contributed by atoms with Crippen LogP contribution < -0.4 is 15.4 Å². The molecule has 0 saturated heterocycles. The lowest BCUT2D eigenvalue weighted by atomic mass is 10.1. The number of carbonyl (C=O) groups excluding carboxylic acids is 4. The molecule has 0 aliphatic rings. The molecule has 1 aromatic heterocycles. The molecule has 0 aliphatic carbocycles. The number of carbonyl (C=O) groups is 4. The molecule has 0 radical (unpaired) electrons. The van der Waals surface area contributed by atoms with E-state index in [4.69, 9.17) is 18.9 Å². The summed E-state index contributed by atoms with van der Waals surface area (Å²) in [6.07, 6.45) is -1.38. The average Bonchev–Trinajstić information content (AvgIpc) is 3.32. The molecule has 3 aromatic rings. The van der Waals surface area contributed by atoms with Crippen LogP contribution in [-0.2, 0) is 37.0 Å². The topological polar surface area (TPSA) is 147 Å². The molecule has 0 unspecified atom stereocenters. The molecule has 3 rings (SSSR count). The molecule has 1 heterocycles. The third-order valence-corrected chi connectivity index (χ3v) is 5.53. The number of amides is 2. The zero-order chi connectivity index (χ0) is 30.0. The van der Waals surface area contributed by atoms with E-state index in [1.54, 1.807) is 64.3 Å². The summed E-state index contributed by atoms with van der Waals surface area (Å²) >= 11 is 0. The largest absolute Gasteiger partial charge is 0.497 e. The van der Waals surface area contributed by atoms with E-state index in [2.05, 4.69) is 15.7 Å². The number of methoxy groups -OCH3 is 2. The number of benzene rings is 2. The number of anilines is 1. The van der Waals surface area contributed by atoms with Crippen molar-refractivity contribution in [2.45, 2.75) is 52.0 Å². The maximum atomic E-state index is 13.2. The minimum atomic E-state index is -1.36. The fourth-order valence-electron chi connectivity index (χ4n) is 3.65. The lowest BCUT2D eigenvalue weighted by molar-refractivity contribution is -0.156. The number of nitrogens with one attached hydrogen (secondary N) is 2. The summed E-state index contributed by atoms with van der Waals surface area (Å²) < 4.78 is 22.0. The molecule has 2 N–H and O–H groups in total. The highest BCUT2D eigenvalue weighted by Gasteiger charge is 2.29. The summed E-state index contributed by atoms with van der Waals surface area (Å²) in [5.41, 5.74) is 0.829. The third kappa shape index (κ3) is 9.67. The van der Waals surface area contributed by atoms with E-state index in [1.807, 2.05) is 18.2 Å². The Morgan fingerprint density at radius 1 is 0.951 bits per heavy atom. The summed E-state index contributed by atoms with van der Waals surface area (Å²) in [6.45, 7) is 5.21. The Hall–Kier alpha value is -4.87. The van der Waals surface area contributed by atoms with Crippen LogP contribution in [0.3, 0.4) is 0 Å². The van der Waals surface area contributed by atoms with Gasteiger partial charge in [-0.3, -0.25) is 14.3 Å². The highest BCUT2D eigenvalue weighted by molar-refractivity contribution is 5.99. The van der Waals surface area contributed by atoms with E-state index in [0.29, 0.717) is 5.75 Å². The van der Waals surface area contributed by atoms with Crippen LogP contribution in [-0.4, -0.2) is 59.6 Å². The van der Waals surface area contributed by atoms with Gasteiger partial charge in [0.1, 0.15) is 29.7 Å². The molecule has 1 atom stereocenters. The molecule has 12 heteroatoms. The van der Waals surface area contributed by atoms with Crippen LogP contribution in [0.4, 0.5) is 10.6 Å². The summed E-state index contributed by atoms with van der Waals surface area (Å²) in [5.74, 6) is -1.46. The van der Waals surface area contributed by atoms with Crippen LogP contribution in [0.15, 0.2) is 60.7 Å². The Labute approximate surface area is 237 Å². The fourth-order valence-corrected chi connectivity index (χ4v) is 3.65. The standard InChI is InChI=1S/C29H34N4O8/c1-29(2,3)41-25(34)15-22(30-28(37)40-18-20-9-7-6-8-10-20)26(35)31-24-16-23(27(36)39-5)33(32-24)17-19-11-13-21(38-4)14-12-19/h6-14,16,22H,15,17-18H2,1-5H3,(H,30,37)(H,31,32,35)/t22-/m0/s1. The fraction of sp³-hybridized carbons (Fsp3) is 0.345. The zero-order valence-corrected chi connectivity index (χ0v) is 23.6. The molecule has 12 nitrogen and oxygen atoms in total. The van der Waals surface area contributed by atoms with E-state index < -0.39 is 42.0 Å². The summed E-state index contributed by atoms with van der Waals surface area (Å²) in [7, 11) is 2.79. The normalized spacial score (nSPS) is 11.6. The number of aromatic nitrogens is 2. The molecule has 0 spiro atoms. The second-order valence-electron chi connectivity index (χ2n) is 9.95. The van der Waals surface area contributed by atoms with Gasteiger partial charge in [0, 0.05) is 6.07 Å². The minimum absolute atomic E-state index is 0.0116. The highest BCUT2D eigenvalue weighted by atomic mass is 16.6. The quantitative estimate of drug-likeness (QED) is 0.262. The Bertz CT molecular complexity index is 1350. The van der Waals surface area contributed by atoms with Crippen molar-refractivity contribution in [3.63, 3.8) is 0 Å². The van der Waals surface area contributed by atoms with Crippen molar-refractivity contribution in [3.8, 4) is 5.75 Å². The molecule has 2 amide bonds. The first-order valence-corrected chi connectivity index (χ1v) is 12.8. The summed E-state index contributed by atoms with van der Waals surface area (Å²) in [6, 6.07) is 16.1. The molecular formula is C29H34N4O8. The number of ether oxygens (including phenoxy) is 4. The Morgan fingerprint density at radius 2 is 1.63 bits per heavy atom. The molecule has 0 saturated carbocycles. The van der Waals surface area contributed by atoms with Crippen molar-refractivity contribution in [2.24, 2.45) is 0 Å². The molecular weight excluding hydrogens is 532 g/mol. The van der Waals surface area contributed by atoms with Gasteiger partial charge in [-0.15, -0.1) is 0 Å². The molecule has 2 aromatic carbocycles. The second-order valence-corrected chi connectivity index (χ2v) is 9.95. The van der Waals surface area contributed by atoms with Crippen LogP contribution in [0, 0.1) is 0 Å². The van der Waals surface area contributed by atoms with E-state index in [9.17, 15) is 19.2 Å². The highest BCUT2D eigenvalue weighted by Crippen LogP contribution is 2.17. The third-order valence-electron chi connectivity index (χ3n) is 5.53.